The van der Waals surface area contributed by atoms with Crippen molar-refractivity contribution in [3.8, 4) is 11.5 Å². The molecule has 19 heavy (non-hydrogen) atoms. The van der Waals surface area contributed by atoms with Crippen LogP contribution in [-0.2, 0) is 4.79 Å². The van der Waals surface area contributed by atoms with Crippen LogP contribution in [-0.4, -0.2) is 19.1 Å². The van der Waals surface area contributed by atoms with Crippen molar-refractivity contribution in [2.45, 2.75) is 32.6 Å². The summed E-state index contributed by atoms with van der Waals surface area (Å²) >= 11 is 0. The highest BCUT2D eigenvalue weighted by atomic mass is 16.7. The minimum absolute atomic E-state index is 0.308. The second-order valence-electron chi connectivity index (χ2n) is 5.38. The number of hydrogen-bond acceptors (Lipinski definition) is 4. The van der Waals surface area contributed by atoms with Gasteiger partial charge in [-0.1, -0.05) is 0 Å². The van der Waals surface area contributed by atoms with E-state index >= 15 is 0 Å². The van der Waals surface area contributed by atoms with Crippen LogP contribution in [0.3, 0.4) is 0 Å². The zero-order valence-electron chi connectivity index (χ0n) is 11.2. The topological polar surface area (TPSA) is 47.6 Å². The maximum Gasteiger partial charge on any atom is 0.231 e. The molecule has 102 valence electrons. The Hall–Kier alpha value is -1.71. The summed E-state index contributed by atoms with van der Waals surface area (Å²) in [5, 5.41) is 3.48. The molecule has 1 heterocycles. The van der Waals surface area contributed by atoms with Crippen LogP contribution in [0.4, 0.5) is 5.69 Å². The predicted octanol–water partition coefficient (Wildman–Crippen LogP) is 2.89. The standard InChI is InChI=1S/C15H19NO3/c1-10-6-14-15(19-9-18-14)7-13(10)16-8-11-2-4-12(17)5-3-11/h6-7,11,16H,2-5,8-9H2,1H3. The van der Waals surface area contributed by atoms with Crippen LogP contribution >= 0.6 is 0 Å². The Labute approximate surface area is 113 Å². The Balaban J connectivity index is 1.62. The van der Waals surface area contributed by atoms with Gasteiger partial charge in [0, 0.05) is 31.1 Å². The number of ketones is 1. The second kappa shape index (κ2) is 5.11. The van der Waals surface area contributed by atoms with Gasteiger partial charge in [-0.05, 0) is 37.3 Å². The average molecular weight is 261 g/mol. The smallest absolute Gasteiger partial charge is 0.231 e. The summed E-state index contributed by atoms with van der Waals surface area (Å²) in [7, 11) is 0. The molecule has 3 rings (SSSR count). The van der Waals surface area contributed by atoms with Crippen LogP contribution in [0.5, 0.6) is 11.5 Å². The first kappa shape index (κ1) is 12.3. The summed E-state index contributed by atoms with van der Waals surface area (Å²) in [6.45, 7) is 3.30. The molecule has 1 fully saturated rings. The molecule has 1 saturated carbocycles. The number of carbonyl (C=O) groups excluding carboxylic acids is 1. The van der Waals surface area contributed by atoms with E-state index in [1.165, 1.54) is 0 Å². The number of carbonyl (C=O) groups is 1. The van der Waals surface area contributed by atoms with E-state index in [1.807, 2.05) is 12.1 Å². The molecule has 4 nitrogen and oxygen atoms in total. The van der Waals surface area contributed by atoms with Crippen LogP contribution in [0.1, 0.15) is 31.2 Å². The number of ether oxygens (including phenoxy) is 2. The first-order chi connectivity index (χ1) is 9.22. The van der Waals surface area contributed by atoms with Gasteiger partial charge < -0.3 is 14.8 Å². The van der Waals surface area contributed by atoms with Crippen LogP contribution in [0, 0.1) is 12.8 Å². The summed E-state index contributed by atoms with van der Waals surface area (Å²) < 4.78 is 10.7. The molecule has 1 aliphatic heterocycles. The van der Waals surface area contributed by atoms with Crippen LogP contribution in [0.25, 0.3) is 0 Å². The number of fused-ring (bicyclic) bond motifs is 1. The highest BCUT2D eigenvalue weighted by Crippen LogP contribution is 2.37. The SMILES string of the molecule is Cc1cc2c(cc1NCC1CCC(=O)CC1)OCO2. The molecular weight excluding hydrogens is 242 g/mol. The van der Waals surface area contributed by atoms with Crippen molar-refractivity contribution in [3.05, 3.63) is 17.7 Å². The van der Waals surface area contributed by atoms with E-state index in [9.17, 15) is 4.79 Å². The van der Waals surface area contributed by atoms with E-state index in [0.717, 1.165) is 55.0 Å². The molecule has 2 aliphatic rings. The quantitative estimate of drug-likeness (QED) is 0.908. The van der Waals surface area contributed by atoms with Crippen molar-refractivity contribution in [3.63, 3.8) is 0 Å². The Morgan fingerprint density at radius 1 is 1.21 bits per heavy atom. The summed E-state index contributed by atoms with van der Waals surface area (Å²) in [5.41, 5.74) is 2.26. The number of nitrogens with one attached hydrogen (secondary N) is 1. The van der Waals surface area contributed by atoms with Gasteiger partial charge in [0.05, 0.1) is 0 Å². The van der Waals surface area contributed by atoms with E-state index in [-0.39, 0.29) is 0 Å². The van der Waals surface area contributed by atoms with Crippen molar-refractivity contribution in [2.24, 2.45) is 5.92 Å². The summed E-state index contributed by atoms with van der Waals surface area (Å²) in [6, 6.07) is 4.01. The van der Waals surface area contributed by atoms with Gasteiger partial charge in [0.25, 0.3) is 0 Å². The van der Waals surface area contributed by atoms with Crippen molar-refractivity contribution < 1.29 is 14.3 Å². The molecule has 0 spiro atoms. The first-order valence-electron chi connectivity index (χ1n) is 6.88. The van der Waals surface area contributed by atoms with E-state index in [2.05, 4.69) is 12.2 Å². The van der Waals surface area contributed by atoms with E-state index in [4.69, 9.17) is 9.47 Å². The van der Waals surface area contributed by atoms with Gasteiger partial charge in [0.15, 0.2) is 11.5 Å². The van der Waals surface area contributed by atoms with Gasteiger partial charge in [-0.25, -0.2) is 0 Å². The molecule has 1 aromatic rings. The largest absolute Gasteiger partial charge is 0.454 e. The molecule has 0 radical (unpaired) electrons. The summed E-state index contributed by atoms with van der Waals surface area (Å²) in [6.07, 6.45) is 3.50. The van der Waals surface area contributed by atoms with Gasteiger partial charge in [0.1, 0.15) is 5.78 Å². The molecule has 1 N–H and O–H groups in total. The number of Topliss-reactive ketones (excluding diaryl/α,β-unsaturated/α-hetero) is 1. The third-order valence-corrected chi connectivity index (χ3v) is 3.96. The first-order valence-corrected chi connectivity index (χ1v) is 6.88. The number of aryl methyl sites for hydroxylation is 1. The fourth-order valence-electron chi connectivity index (χ4n) is 2.69. The lowest BCUT2D eigenvalue weighted by Crippen LogP contribution is -2.21. The molecular formula is C15H19NO3. The molecule has 0 aromatic heterocycles. The lowest BCUT2D eigenvalue weighted by molar-refractivity contribution is -0.120. The average Bonchev–Trinajstić information content (AvgIpc) is 2.85. The molecule has 0 saturated heterocycles. The lowest BCUT2D eigenvalue weighted by atomic mass is 9.88. The zero-order chi connectivity index (χ0) is 13.2. The molecule has 0 bridgehead atoms. The van der Waals surface area contributed by atoms with E-state index in [1.54, 1.807) is 0 Å². The fourth-order valence-corrected chi connectivity index (χ4v) is 2.69. The Morgan fingerprint density at radius 2 is 1.89 bits per heavy atom. The molecule has 0 unspecified atom stereocenters. The van der Waals surface area contributed by atoms with Crippen LogP contribution in [0.15, 0.2) is 12.1 Å². The monoisotopic (exact) mass is 261 g/mol. The molecule has 1 aliphatic carbocycles. The normalized spacial score (nSPS) is 18.7. The fraction of sp³-hybridized carbons (Fsp3) is 0.533. The highest BCUT2D eigenvalue weighted by Gasteiger charge is 2.20. The molecule has 0 amide bonds. The maximum absolute atomic E-state index is 11.2. The number of anilines is 1. The number of benzene rings is 1. The van der Waals surface area contributed by atoms with E-state index < -0.39 is 0 Å². The van der Waals surface area contributed by atoms with Gasteiger partial charge in [-0.15, -0.1) is 0 Å². The van der Waals surface area contributed by atoms with Gasteiger partial charge in [0.2, 0.25) is 6.79 Å². The second-order valence-corrected chi connectivity index (χ2v) is 5.38. The maximum atomic E-state index is 11.2. The van der Waals surface area contributed by atoms with Gasteiger partial charge >= 0.3 is 0 Å². The Morgan fingerprint density at radius 3 is 2.63 bits per heavy atom. The third-order valence-electron chi connectivity index (χ3n) is 3.96. The minimum Gasteiger partial charge on any atom is -0.454 e. The summed E-state index contributed by atoms with van der Waals surface area (Å²) in [5.74, 6) is 2.65. The van der Waals surface area contributed by atoms with Crippen LogP contribution in [0.2, 0.25) is 0 Å². The minimum atomic E-state index is 0.308. The van der Waals surface area contributed by atoms with Crippen LogP contribution < -0.4 is 14.8 Å². The van der Waals surface area contributed by atoms with Crippen molar-refractivity contribution in [2.75, 3.05) is 18.7 Å². The van der Waals surface area contributed by atoms with Crippen molar-refractivity contribution in [1.82, 2.24) is 0 Å². The summed E-state index contributed by atoms with van der Waals surface area (Å²) in [4.78, 5) is 11.2. The number of rotatable bonds is 3. The van der Waals surface area contributed by atoms with E-state index in [0.29, 0.717) is 18.5 Å². The lowest BCUT2D eigenvalue weighted by Gasteiger charge is -2.22. The molecule has 1 aromatic carbocycles. The number of hydrogen-bond donors (Lipinski definition) is 1. The van der Waals surface area contributed by atoms with Crippen molar-refractivity contribution in [1.29, 1.82) is 0 Å². The third kappa shape index (κ3) is 2.67. The zero-order valence-corrected chi connectivity index (χ0v) is 11.2. The molecule has 0 atom stereocenters. The van der Waals surface area contributed by atoms with Crippen molar-refractivity contribution >= 4 is 11.5 Å². The van der Waals surface area contributed by atoms with Gasteiger partial charge in [-0.2, -0.15) is 0 Å². The molecule has 4 heteroatoms. The predicted molar refractivity (Wildman–Crippen MR) is 72.8 cm³/mol. The Kier molecular flexibility index (Phi) is 3.32. The Bertz CT molecular complexity index is 488. The highest BCUT2D eigenvalue weighted by molar-refractivity contribution is 5.79. The van der Waals surface area contributed by atoms with Gasteiger partial charge in [-0.3, -0.25) is 4.79 Å².